The van der Waals surface area contributed by atoms with Gasteiger partial charge in [-0.2, -0.15) is 0 Å². The minimum Gasteiger partial charge on any atom is -0.311 e. The first-order chi connectivity index (χ1) is 9.83. The molecule has 4 heteroatoms. The van der Waals surface area contributed by atoms with Crippen molar-refractivity contribution < 1.29 is 0 Å². The topological polar surface area (TPSA) is 33.1 Å². The van der Waals surface area contributed by atoms with Gasteiger partial charge in [-0.15, -0.1) is 0 Å². The van der Waals surface area contributed by atoms with Crippen LogP contribution in [0, 0.1) is 0 Å². The molecular weight excluding hydrogens is 248 g/mol. The molecule has 1 unspecified atom stereocenters. The molecule has 0 aliphatic carbocycles. The lowest BCUT2D eigenvalue weighted by Gasteiger charge is -2.19. The minimum absolute atomic E-state index is 0.709. The zero-order chi connectivity index (χ0) is 13.8. The van der Waals surface area contributed by atoms with Crippen LogP contribution in [0.5, 0.6) is 0 Å². The van der Waals surface area contributed by atoms with Gasteiger partial charge in [-0.25, -0.2) is 4.98 Å². The Morgan fingerprint density at radius 2 is 2.15 bits per heavy atom. The van der Waals surface area contributed by atoms with E-state index in [0.29, 0.717) is 6.04 Å². The Hall–Kier alpha value is -1.65. The van der Waals surface area contributed by atoms with E-state index in [9.17, 15) is 0 Å². The Morgan fingerprint density at radius 1 is 1.30 bits per heavy atom. The van der Waals surface area contributed by atoms with Crippen molar-refractivity contribution in [3.8, 4) is 5.69 Å². The van der Waals surface area contributed by atoms with E-state index in [0.717, 1.165) is 18.8 Å². The molecule has 2 heterocycles. The first kappa shape index (κ1) is 13.3. The van der Waals surface area contributed by atoms with Gasteiger partial charge in [0.1, 0.15) is 0 Å². The third-order valence-corrected chi connectivity index (χ3v) is 4.12. The fourth-order valence-electron chi connectivity index (χ4n) is 2.82. The van der Waals surface area contributed by atoms with Crippen LogP contribution < -0.4 is 5.32 Å². The van der Waals surface area contributed by atoms with Crippen LogP contribution in [0.15, 0.2) is 43.0 Å². The Balaban J connectivity index is 1.51. The normalized spacial score (nSPS) is 19.6. The fourth-order valence-corrected chi connectivity index (χ4v) is 2.82. The zero-order valence-corrected chi connectivity index (χ0v) is 12.0. The van der Waals surface area contributed by atoms with Crippen LogP contribution in [-0.4, -0.2) is 40.6 Å². The van der Waals surface area contributed by atoms with E-state index < -0.39 is 0 Å². The summed E-state index contributed by atoms with van der Waals surface area (Å²) >= 11 is 0. The number of hydrogen-bond donors (Lipinski definition) is 1. The van der Waals surface area contributed by atoms with Gasteiger partial charge in [0.05, 0.1) is 6.33 Å². The van der Waals surface area contributed by atoms with E-state index >= 15 is 0 Å². The summed E-state index contributed by atoms with van der Waals surface area (Å²) in [6, 6.07) is 9.35. The van der Waals surface area contributed by atoms with E-state index in [2.05, 4.69) is 46.5 Å². The van der Waals surface area contributed by atoms with Gasteiger partial charge in [0.15, 0.2) is 0 Å². The Labute approximate surface area is 120 Å². The maximum absolute atomic E-state index is 4.07. The number of likely N-dealkylation sites (tertiary alicyclic amines) is 1. The van der Waals surface area contributed by atoms with Crippen molar-refractivity contribution in [3.63, 3.8) is 0 Å². The van der Waals surface area contributed by atoms with Crippen molar-refractivity contribution in [2.75, 3.05) is 20.1 Å². The summed E-state index contributed by atoms with van der Waals surface area (Å²) in [4.78, 5) is 6.52. The van der Waals surface area contributed by atoms with E-state index in [1.165, 1.54) is 24.9 Å². The minimum atomic E-state index is 0.709. The van der Waals surface area contributed by atoms with Crippen LogP contribution >= 0.6 is 0 Å². The van der Waals surface area contributed by atoms with Gasteiger partial charge in [-0.1, -0.05) is 12.1 Å². The van der Waals surface area contributed by atoms with Gasteiger partial charge in [-0.3, -0.25) is 0 Å². The lowest BCUT2D eigenvalue weighted by Crippen LogP contribution is -2.35. The standard InChI is InChI=1S/C16H22N4/c1-19-9-2-3-16(19)12-18-11-14-4-6-15(7-5-14)20-10-8-17-13-20/h4-8,10,13,16,18H,2-3,9,11-12H2,1H3. The predicted molar refractivity (Wildman–Crippen MR) is 80.9 cm³/mol. The molecule has 0 saturated carbocycles. The third-order valence-electron chi connectivity index (χ3n) is 4.12. The summed E-state index contributed by atoms with van der Waals surface area (Å²) in [5, 5.41) is 3.57. The molecule has 0 spiro atoms. The fraction of sp³-hybridized carbons (Fsp3) is 0.438. The molecule has 1 saturated heterocycles. The van der Waals surface area contributed by atoms with Crippen LogP contribution in [0.3, 0.4) is 0 Å². The molecule has 3 rings (SSSR count). The second-order valence-corrected chi connectivity index (χ2v) is 5.54. The number of rotatable bonds is 5. The second kappa shape index (κ2) is 6.20. The number of aromatic nitrogens is 2. The van der Waals surface area contributed by atoms with Crippen LogP contribution in [0.1, 0.15) is 18.4 Å². The summed E-state index contributed by atoms with van der Waals surface area (Å²) in [5.74, 6) is 0. The lowest BCUT2D eigenvalue weighted by molar-refractivity contribution is 0.300. The summed E-state index contributed by atoms with van der Waals surface area (Å²) in [5.41, 5.74) is 2.48. The molecule has 0 amide bonds. The number of hydrogen-bond acceptors (Lipinski definition) is 3. The summed E-state index contributed by atoms with van der Waals surface area (Å²) in [6.45, 7) is 3.26. The monoisotopic (exact) mass is 270 g/mol. The number of benzene rings is 1. The summed E-state index contributed by atoms with van der Waals surface area (Å²) in [7, 11) is 2.22. The SMILES string of the molecule is CN1CCCC1CNCc1ccc(-n2ccnc2)cc1. The average molecular weight is 270 g/mol. The van der Waals surface area contributed by atoms with Gasteiger partial charge in [-0.05, 0) is 44.1 Å². The van der Waals surface area contributed by atoms with Crippen molar-refractivity contribution in [2.24, 2.45) is 0 Å². The van der Waals surface area contributed by atoms with Gasteiger partial charge < -0.3 is 14.8 Å². The van der Waals surface area contributed by atoms with Crippen LogP contribution in [0.25, 0.3) is 5.69 Å². The molecule has 1 atom stereocenters. The molecule has 1 aliphatic rings. The molecule has 1 aromatic heterocycles. The van der Waals surface area contributed by atoms with E-state index in [4.69, 9.17) is 0 Å². The van der Waals surface area contributed by atoms with Crippen LogP contribution in [0.2, 0.25) is 0 Å². The molecule has 0 radical (unpaired) electrons. The average Bonchev–Trinajstić information content (AvgIpc) is 3.12. The van der Waals surface area contributed by atoms with Crippen molar-refractivity contribution in [3.05, 3.63) is 48.5 Å². The second-order valence-electron chi connectivity index (χ2n) is 5.54. The Kier molecular flexibility index (Phi) is 4.14. The van der Waals surface area contributed by atoms with E-state index in [1.807, 2.05) is 17.1 Å². The molecule has 1 N–H and O–H groups in total. The first-order valence-electron chi connectivity index (χ1n) is 7.31. The lowest BCUT2D eigenvalue weighted by atomic mass is 10.2. The van der Waals surface area contributed by atoms with Gasteiger partial charge >= 0.3 is 0 Å². The van der Waals surface area contributed by atoms with Gasteiger partial charge in [0.25, 0.3) is 0 Å². The Bertz CT molecular complexity index is 518. The van der Waals surface area contributed by atoms with Crippen molar-refractivity contribution in [1.82, 2.24) is 19.8 Å². The van der Waals surface area contributed by atoms with Crippen molar-refractivity contribution >= 4 is 0 Å². The van der Waals surface area contributed by atoms with Crippen LogP contribution in [0.4, 0.5) is 0 Å². The molecule has 106 valence electrons. The van der Waals surface area contributed by atoms with Crippen molar-refractivity contribution in [2.45, 2.75) is 25.4 Å². The molecule has 2 aromatic rings. The summed E-state index contributed by atoms with van der Waals surface area (Å²) in [6.07, 6.45) is 8.24. The smallest absolute Gasteiger partial charge is 0.0991 e. The highest BCUT2D eigenvalue weighted by molar-refractivity contribution is 5.34. The quantitative estimate of drug-likeness (QED) is 0.903. The first-order valence-corrected chi connectivity index (χ1v) is 7.31. The Morgan fingerprint density at radius 3 is 2.80 bits per heavy atom. The largest absolute Gasteiger partial charge is 0.311 e. The maximum atomic E-state index is 4.07. The molecule has 1 aromatic carbocycles. The molecule has 1 aliphatic heterocycles. The number of imidazole rings is 1. The van der Waals surface area contributed by atoms with Gasteiger partial charge in [0, 0.05) is 37.2 Å². The highest BCUT2D eigenvalue weighted by Gasteiger charge is 2.19. The highest BCUT2D eigenvalue weighted by atomic mass is 15.2. The zero-order valence-electron chi connectivity index (χ0n) is 12.0. The van der Waals surface area contributed by atoms with E-state index in [-0.39, 0.29) is 0 Å². The molecule has 0 bridgehead atoms. The maximum Gasteiger partial charge on any atom is 0.0991 e. The van der Waals surface area contributed by atoms with Crippen molar-refractivity contribution in [1.29, 1.82) is 0 Å². The number of likely N-dealkylation sites (N-methyl/N-ethyl adjacent to an activating group) is 1. The molecule has 20 heavy (non-hydrogen) atoms. The third kappa shape index (κ3) is 3.08. The van der Waals surface area contributed by atoms with E-state index in [1.54, 1.807) is 6.20 Å². The molecular formula is C16H22N4. The predicted octanol–water partition coefficient (Wildman–Crippen LogP) is 2.06. The van der Waals surface area contributed by atoms with Crippen LogP contribution in [-0.2, 0) is 6.54 Å². The molecule has 1 fully saturated rings. The number of nitrogens with one attached hydrogen (secondary N) is 1. The highest BCUT2D eigenvalue weighted by Crippen LogP contribution is 2.14. The molecule has 4 nitrogen and oxygen atoms in total. The number of nitrogens with zero attached hydrogens (tertiary/aromatic N) is 3. The summed E-state index contributed by atoms with van der Waals surface area (Å²) < 4.78 is 2.02. The van der Waals surface area contributed by atoms with Gasteiger partial charge in [0.2, 0.25) is 0 Å².